The molecule has 12 unspecified atom stereocenters. The zero-order valence-electron chi connectivity index (χ0n) is 56.4. The van der Waals surface area contributed by atoms with Crippen molar-refractivity contribution in [2.24, 2.45) is 0 Å². The summed E-state index contributed by atoms with van der Waals surface area (Å²) < 4.78 is 22.8. The maximum absolute atomic E-state index is 13.3. The molecule has 0 aromatic carbocycles. The molecule has 518 valence electrons. The molecule has 0 radical (unpaired) electrons. The Hall–Kier alpha value is -2.57. The number of aliphatic hydroxyl groups is 8. The van der Waals surface area contributed by atoms with Gasteiger partial charge in [-0.05, 0) is 64.2 Å². The minimum Gasteiger partial charge on any atom is -0.394 e. The summed E-state index contributed by atoms with van der Waals surface area (Å²) in [6, 6.07) is -0.915. The number of ether oxygens (including phenoxy) is 4. The van der Waals surface area contributed by atoms with Gasteiger partial charge < -0.3 is 65.1 Å². The van der Waals surface area contributed by atoms with Crippen LogP contribution in [0, 0.1) is 0 Å². The number of amides is 1. The fraction of sp³-hybridized carbons (Fsp3) is 0.827. The number of hydrogen-bond acceptors (Lipinski definition) is 13. The van der Waals surface area contributed by atoms with Crippen LogP contribution in [0.15, 0.2) is 72.9 Å². The van der Waals surface area contributed by atoms with Crippen molar-refractivity contribution in [3.8, 4) is 0 Å². The maximum Gasteiger partial charge on any atom is 0.220 e. The van der Waals surface area contributed by atoms with Crippen LogP contribution >= 0.6 is 0 Å². The van der Waals surface area contributed by atoms with Gasteiger partial charge in [0.1, 0.15) is 48.8 Å². The van der Waals surface area contributed by atoms with E-state index in [2.05, 4.69) is 79.9 Å². The highest BCUT2D eigenvalue weighted by Gasteiger charge is 2.51. The van der Waals surface area contributed by atoms with E-state index in [4.69, 9.17) is 18.9 Å². The highest BCUT2D eigenvalue weighted by molar-refractivity contribution is 5.76. The predicted molar refractivity (Wildman–Crippen MR) is 364 cm³/mol. The Kier molecular flexibility index (Phi) is 54.9. The van der Waals surface area contributed by atoms with Gasteiger partial charge in [-0.1, -0.05) is 305 Å². The molecule has 9 N–H and O–H groups in total. The quantitative estimate of drug-likeness (QED) is 0.0204. The SMILES string of the molecule is CC/C=C\C/C=C\C/C=C\C/C=C\C/C=C\CCCCCCCCCCCCCCCCCCCCCCCCCC(=O)NC(COC1OC(CO)C(OC2OC(CO)C(O)C(O)C2O)C(O)C1O)C(O)/C=C/CCCCCCCCCCCCCCCC. The maximum atomic E-state index is 13.3. The van der Waals surface area contributed by atoms with E-state index in [1.165, 1.54) is 205 Å². The fourth-order valence-corrected chi connectivity index (χ4v) is 11.9. The summed E-state index contributed by atoms with van der Waals surface area (Å²) >= 11 is 0. The Bertz CT molecular complexity index is 1770. The number of nitrogens with one attached hydrogen (secondary N) is 1. The molecule has 2 heterocycles. The van der Waals surface area contributed by atoms with Crippen molar-refractivity contribution in [2.75, 3.05) is 19.8 Å². The second kappa shape index (κ2) is 59.2. The highest BCUT2D eigenvalue weighted by atomic mass is 16.7. The molecule has 2 aliphatic rings. The number of allylic oxidation sites excluding steroid dienone is 11. The van der Waals surface area contributed by atoms with Gasteiger partial charge in [-0.3, -0.25) is 4.79 Å². The van der Waals surface area contributed by atoms with Gasteiger partial charge >= 0.3 is 0 Å². The molecule has 89 heavy (non-hydrogen) atoms. The van der Waals surface area contributed by atoms with Crippen molar-refractivity contribution in [2.45, 2.75) is 376 Å². The summed E-state index contributed by atoms with van der Waals surface area (Å²) in [5.41, 5.74) is 0. The van der Waals surface area contributed by atoms with Gasteiger partial charge in [0.25, 0.3) is 0 Å². The van der Waals surface area contributed by atoms with E-state index in [9.17, 15) is 45.6 Å². The van der Waals surface area contributed by atoms with E-state index in [0.29, 0.717) is 6.42 Å². The van der Waals surface area contributed by atoms with Gasteiger partial charge in [-0.25, -0.2) is 0 Å². The van der Waals surface area contributed by atoms with Crippen molar-refractivity contribution in [3.05, 3.63) is 72.9 Å². The molecule has 0 aromatic heterocycles. The lowest BCUT2D eigenvalue weighted by Crippen LogP contribution is -2.65. The van der Waals surface area contributed by atoms with Crippen LogP contribution in [0.3, 0.4) is 0 Å². The van der Waals surface area contributed by atoms with Crippen molar-refractivity contribution in [3.63, 3.8) is 0 Å². The van der Waals surface area contributed by atoms with E-state index in [0.717, 1.165) is 70.6 Å². The smallest absolute Gasteiger partial charge is 0.220 e. The first kappa shape index (κ1) is 82.5. The molecule has 1 amide bonds. The minimum atomic E-state index is -1.79. The van der Waals surface area contributed by atoms with Crippen LogP contribution in [0.1, 0.15) is 303 Å². The normalized spacial score (nSPS) is 23.4. The van der Waals surface area contributed by atoms with Crippen molar-refractivity contribution < 1.29 is 64.6 Å². The summed E-state index contributed by atoms with van der Waals surface area (Å²) in [6.07, 6.45) is 64.1. The van der Waals surface area contributed by atoms with Crippen molar-refractivity contribution in [1.82, 2.24) is 5.32 Å². The molecule has 12 atom stereocenters. The molecule has 2 rings (SSSR count). The van der Waals surface area contributed by atoms with E-state index < -0.39 is 86.8 Å². The Morgan fingerprint density at radius 1 is 0.416 bits per heavy atom. The average Bonchev–Trinajstić information content (AvgIpc) is 2.55. The van der Waals surface area contributed by atoms with E-state index in [-0.39, 0.29) is 18.9 Å². The largest absolute Gasteiger partial charge is 0.394 e. The number of carbonyl (C=O) groups is 1. The third-order valence-electron chi connectivity index (χ3n) is 17.6. The predicted octanol–water partition coefficient (Wildman–Crippen LogP) is 15.4. The van der Waals surface area contributed by atoms with Gasteiger partial charge in [0, 0.05) is 6.42 Å². The number of rotatable bonds is 60. The van der Waals surface area contributed by atoms with Gasteiger partial charge in [0.2, 0.25) is 5.91 Å². The standard InChI is InChI=1S/C75H135NO13/c1-3-5-7-9-11-13-15-17-19-21-22-23-24-25-26-27-28-29-30-31-32-33-34-35-36-37-38-39-40-41-42-43-45-47-49-51-53-55-57-59-67(80)76-63(64(79)58-56-54-52-50-48-46-44-20-18-16-14-12-10-8-6-4-2)62-86-74-72(85)70(83)73(66(61-78)88-74)89-75-71(84)69(82)68(81)65(60-77)87-75/h5,7,11,13,17,19,22-23,25-26,56,58,63-66,68-75,77-79,81-85H,3-4,6,8-10,12,14-16,18,20-21,24,27-55,57,59-62H2,1-2H3,(H,76,80)/b7-5-,13-11-,19-17-,23-22-,26-25-,58-56+. The van der Waals surface area contributed by atoms with Crippen molar-refractivity contribution >= 4 is 5.91 Å². The van der Waals surface area contributed by atoms with Crippen LogP contribution < -0.4 is 5.32 Å². The first-order valence-electron chi connectivity index (χ1n) is 36.7. The fourth-order valence-electron chi connectivity index (χ4n) is 11.9. The van der Waals surface area contributed by atoms with Crippen LogP contribution in [0.5, 0.6) is 0 Å². The van der Waals surface area contributed by atoms with Crippen LogP contribution in [-0.2, 0) is 23.7 Å². The lowest BCUT2D eigenvalue weighted by molar-refractivity contribution is -0.359. The lowest BCUT2D eigenvalue weighted by Gasteiger charge is -2.46. The summed E-state index contributed by atoms with van der Waals surface area (Å²) in [5.74, 6) is -0.235. The van der Waals surface area contributed by atoms with Crippen LogP contribution in [-0.4, -0.2) is 140 Å². The Morgan fingerprint density at radius 3 is 1.19 bits per heavy atom. The highest BCUT2D eigenvalue weighted by Crippen LogP contribution is 2.30. The zero-order valence-corrected chi connectivity index (χ0v) is 56.4. The molecule has 0 aromatic rings. The van der Waals surface area contributed by atoms with Crippen molar-refractivity contribution in [1.29, 1.82) is 0 Å². The molecule has 2 fully saturated rings. The molecular weight excluding hydrogens is 1120 g/mol. The number of hydrogen-bond donors (Lipinski definition) is 9. The number of aliphatic hydroxyl groups excluding tert-OH is 8. The lowest BCUT2D eigenvalue weighted by atomic mass is 9.97. The summed E-state index contributed by atoms with van der Waals surface area (Å²) in [4.78, 5) is 13.3. The Morgan fingerprint density at radius 2 is 0.775 bits per heavy atom. The molecule has 2 aliphatic heterocycles. The molecular formula is C75H135NO13. The zero-order chi connectivity index (χ0) is 64.5. The van der Waals surface area contributed by atoms with E-state index >= 15 is 0 Å². The summed E-state index contributed by atoms with van der Waals surface area (Å²) in [5, 5.41) is 87.4. The second-order valence-corrected chi connectivity index (χ2v) is 25.7. The minimum absolute atomic E-state index is 0.235. The summed E-state index contributed by atoms with van der Waals surface area (Å²) in [7, 11) is 0. The van der Waals surface area contributed by atoms with Crippen LogP contribution in [0.25, 0.3) is 0 Å². The molecule has 2 saturated heterocycles. The first-order chi connectivity index (χ1) is 43.6. The van der Waals surface area contributed by atoms with E-state index in [1.54, 1.807) is 6.08 Å². The molecule has 0 spiro atoms. The molecule has 14 heteroatoms. The third-order valence-corrected chi connectivity index (χ3v) is 17.6. The van der Waals surface area contributed by atoms with E-state index in [1.807, 2.05) is 6.08 Å². The number of carbonyl (C=O) groups excluding carboxylic acids is 1. The van der Waals surface area contributed by atoms with Crippen LogP contribution in [0.2, 0.25) is 0 Å². The first-order valence-corrected chi connectivity index (χ1v) is 36.7. The molecule has 0 aliphatic carbocycles. The monoisotopic (exact) mass is 1260 g/mol. The molecule has 14 nitrogen and oxygen atoms in total. The van der Waals surface area contributed by atoms with Gasteiger partial charge in [-0.2, -0.15) is 0 Å². The Balaban J connectivity index is 1.57. The van der Waals surface area contributed by atoms with Gasteiger partial charge in [-0.15, -0.1) is 0 Å². The second-order valence-electron chi connectivity index (χ2n) is 25.7. The number of unbranched alkanes of at least 4 members (excludes halogenated alkanes) is 37. The molecule has 0 bridgehead atoms. The van der Waals surface area contributed by atoms with Gasteiger partial charge in [0.15, 0.2) is 12.6 Å². The van der Waals surface area contributed by atoms with Gasteiger partial charge in [0.05, 0.1) is 32.0 Å². The molecule has 0 saturated carbocycles. The van der Waals surface area contributed by atoms with Crippen LogP contribution in [0.4, 0.5) is 0 Å². The third kappa shape index (κ3) is 43.1. The Labute approximate surface area is 542 Å². The average molecular weight is 1260 g/mol. The summed E-state index contributed by atoms with van der Waals surface area (Å²) in [6.45, 7) is 2.71. The topological polar surface area (TPSA) is 228 Å².